The van der Waals surface area contributed by atoms with Gasteiger partial charge in [0, 0.05) is 20.6 Å². The summed E-state index contributed by atoms with van der Waals surface area (Å²) >= 11 is 0. The molecule has 2 aliphatic heterocycles. The Morgan fingerprint density at radius 3 is 1.02 bits per heavy atom. The zero-order valence-corrected chi connectivity index (χ0v) is 53.6. The van der Waals surface area contributed by atoms with E-state index in [0.29, 0.717) is 13.2 Å². The first-order chi connectivity index (χ1) is 44.4. The Morgan fingerprint density at radius 1 is 0.367 bits per heavy atom. The molecule has 2 fully saturated rings. The number of methoxy groups -OCH3 is 1. The largest absolute Gasteiger partial charge is 0.463 e. The number of rotatable bonds is 44. The van der Waals surface area contributed by atoms with Gasteiger partial charge in [-0.3, -0.25) is 4.79 Å². The van der Waals surface area contributed by atoms with Gasteiger partial charge in [0.25, 0.3) is 0 Å². The summed E-state index contributed by atoms with van der Waals surface area (Å²) in [5.74, 6) is -0.472. The van der Waals surface area contributed by atoms with Crippen LogP contribution in [0.4, 0.5) is 0 Å². The molecule has 2 saturated heterocycles. The first-order valence-corrected chi connectivity index (χ1v) is 33.1. The van der Waals surface area contributed by atoms with Crippen molar-refractivity contribution in [3.05, 3.63) is 215 Å². The second-order valence-electron chi connectivity index (χ2n) is 23.7. The van der Waals surface area contributed by atoms with Crippen LogP contribution in [0.2, 0.25) is 0 Å². The third kappa shape index (κ3) is 25.1. The van der Waals surface area contributed by atoms with Crippen LogP contribution < -0.4 is 0 Å². The molecule has 8 rings (SSSR count). The van der Waals surface area contributed by atoms with Crippen molar-refractivity contribution in [2.24, 2.45) is 0 Å². The molecule has 14 heteroatoms. The third-order valence-corrected chi connectivity index (χ3v) is 16.5. The Bertz CT molecular complexity index is 2750. The standard InChI is InChI=1S/C76H100O14/c1-4-5-6-7-8-9-10-11-12-13-14-15-16-35-48-79-55-66(78-3)56-87-75-73(85-53-64-44-31-21-32-45-64)72(84-52-63-42-29-20-30-43-63)70(82-50-61-38-25-18-26-39-61)68(90-75)58-88-76-74(86-54-65-46-33-22-34-47-65)71(83-51-62-40-27-19-28-41-62)69(67(89-76)57-80-59(2)77)81-49-60-36-23-17-24-37-60/h17-34,36-47,66-76H,4-16,35,48-58H2,1-3H3/t66?,67-,68-,69+,70+,71+,72+,73-,74-,75-,76+/m1/s1. The highest BCUT2D eigenvalue weighted by atomic mass is 16.8. The summed E-state index contributed by atoms with van der Waals surface area (Å²) in [6.45, 7) is 5.81. The van der Waals surface area contributed by atoms with Crippen LogP contribution in [0.15, 0.2) is 182 Å². The topological polar surface area (TPSA) is 137 Å². The van der Waals surface area contributed by atoms with E-state index in [4.69, 9.17) is 61.6 Å². The second kappa shape index (κ2) is 41.7. The van der Waals surface area contributed by atoms with E-state index in [2.05, 4.69) is 6.92 Å². The Hall–Kier alpha value is -5.69. The van der Waals surface area contributed by atoms with Crippen LogP contribution in [-0.2, 0) is 106 Å². The van der Waals surface area contributed by atoms with E-state index in [0.717, 1.165) is 46.2 Å². The lowest BCUT2D eigenvalue weighted by Gasteiger charge is -2.48. The maximum Gasteiger partial charge on any atom is 0.302 e. The van der Waals surface area contributed by atoms with Crippen LogP contribution in [0.1, 0.15) is 137 Å². The summed E-state index contributed by atoms with van der Waals surface area (Å²) in [6, 6.07) is 59.8. The van der Waals surface area contributed by atoms with Gasteiger partial charge in [-0.2, -0.15) is 0 Å². The molecule has 0 spiro atoms. The van der Waals surface area contributed by atoms with Gasteiger partial charge in [-0.15, -0.1) is 0 Å². The fourth-order valence-corrected chi connectivity index (χ4v) is 11.4. The molecule has 0 aliphatic carbocycles. The maximum absolute atomic E-state index is 12.7. The number of ether oxygens (including phenoxy) is 13. The number of hydrogen-bond acceptors (Lipinski definition) is 14. The number of hydrogen-bond donors (Lipinski definition) is 0. The van der Waals surface area contributed by atoms with Gasteiger partial charge >= 0.3 is 5.97 Å². The fraction of sp³-hybridized carbons (Fsp3) is 0.513. The smallest absolute Gasteiger partial charge is 0.302 e. The molecule has 1 unspecified atom stereocenters. The third-order valence-electron chi connectivity index (χ3n) is 16.5. The predicted octanol–water partition coefficient (Wildman–Crippen LogP) is 15.1. The molecule has 0 aromatic heterocycles. The first kappa shape index (κ1) is 70.2. The van der Waals surface area contributed by atoms with Gasteiger partial charge in [0.05, 0.1) is 59.5 Å². The van der Waals surface area contributed by atoms with Gasteiger partial charge in [0.1, 0.15) is 61.5 Å². The van der Waals surface area contributed by atoms with Gasteiger partial charge in [-0.05, 0) is 39.8 Å². The van der Waals surface area contributed by atoms with E-state index in [1.165, 1.54) is 84.0 Å². The molecule has 0 radical (unpaired) electrons. The van der Waals surface area contributed by atoms with Gasteiger partial charge in [0.2, 0.25) is 0 Å². The lowest BCUT2D eigenvalue weighted by atomic mass is 9.96. The van der Waals surface area contributed by atoms with E-state index in [1.807, 2.05) is 182 Å². The van der Waals surface area contributed by atoms with Crippen LogP contribution in [-0.4, -0.2) is 114 Å². The molecule has 0 saturated carbocycles. The molecule has 6 aromatic carbocycles. The molecular formula is C76H100O14. The van der Waals surface area contributed by atoms with E-state index >= 15 is 0 Å². The van der Waals surface area contributed by atoms with Crippen LogP contribution in [0.25, 0.3) is 0 Å². The summed E-state index contributed by atoms with van der Waals surface area (Å²) in [5.41, 5.74) is 5.70. The van der Waals surface area contributed by atoms with Crippen molar-refractivity contribution in [2.75, 3.05) is 40.1 Å². The highest BCUT2D eigenvalue weighted by Gasteiger charge is 2.53. The Morgan fingerprint density at radius 2 is 0.678 bits per heavy atom. The van der Waals surface area contributed by atoms with Crippen molar-refractivity contribution in [1.82, 2.24) is 0 Å². The minimum absolute atomic E-state index is 0.108. The van der Waals surface area contributed by atoms with Crippen molar-refractivity contribution in [3.8, 4) is 0 Å². The van der Waals surface area contributed by atoms with Crippen LogP contribution in [0.5, 0.6) is 0 Å². The molecule has 14 nitrogen and oxygen atoms in total. The average molecular weight is 1240 g/mol. The minimum Gasteiger partial charge on any atom is -0.463 e. The summed E-state index contributed by atoms with van der Waals surface area (Å²) < 4.78 is 88.2. The van der Waals surface area contributed by atoms with E-state index < -0.39 is 73.5 Å². The highest BCUT2D eigenvalue weighted by molar-refractivity contribution is 5.65. The predicted molar refractivity (Wildman–Crippen MR) is 348 cm³/mol. The second-order valence-corrected chi connectivity index (χ2v) is 23.7. The fourth-order valence-electron chi connectivity index (χ4n) is 11.4. The van der Waals surface area contributed by atoms with E-state index in [-0.39, 0.29) is 59.5 Å². The molecule has 11 atom stereocenters. The van der Waals surface area contributed by atoms with Crippen LogP contribution in [0.3, 0.4) is 0 Å². The van der Waals surface area contributed by atoms with Gasteiger partial charge in [-0.1, -0.05) is 272 Å². The summed E-state index contributed by atoms with van der Waals surface area (Å²) in [7, 11) is 1.67. The van der Waals surface area contributed by atoms with Crippen molar-refractivity contribution >= 4 is 5.97 Å². The molecule has 488 valence electrons. The molecule has 0 amide bonds. The van der Waals surface area contributed by atoms with E-state index in [1.54, 1.807) is 7.11 Å². The monoisotopic (exact) mass is 1240 g/mol. The molecule has 6 aromatic rings. The molecule has 2 heterocycles. The molecule has 2 aliphatic rings. The van der Waals surface area contributed by atoms with Crippen molar-refractivity contribution in [3.63, 3.8) is 0 Å². The van der Waals surface area contributed by atoms with Crippen LogP contribution >= 0.6 is 0 Å². The van der Waals surface area contributed by atoms with E-state index in [9.17, 15) is 4.79 Å². The number of benzene rings is 6. The maximum atomic E-state index is 12.7. The SMILES string of the molecule is CCCCCCCCCCCCCCCCOCC(CO[C@@H]1O[C@H](CO[C@H]2O[C@H](COC(C)=O)[C@H](OCc3ccccc3)[C@H](OCc3ccccc3)[C@H]2OCc2ccccc2)[C@H](OCc2ccccc2)[C@H](OCc2ccccc2)[C@H]1OCc1ccccc1)OC. The summed E-state index contributed by atoms with van der Waals surface area (Å²) in [6.07, 6.45) is 8.92. The first-order valence-electron chi connectivity index (χ1n) is 33.1. The van der Waals surface area contributed by atoms with Crippen molar-refractivity contribution < 1.29 is 66.4 Å². The van der Waals surface area contributed by atoms with Crippen molar-refractivity contribution in [2.45, 2.75) is 211 Å². The molecule has 0 bridgehead atoms. The lowest BCUT2D eigenvalue weighted by molar-refractivity contribution is -0.354. The van der Waals surface area contributed by atoms with Gasteiger partial charge in [-0.25, -0.2) is 0 Å². The number of carbonyl (C=O) groups is 1. The number of carbonyl (C=O) groups excluding carboxylic acids is 1. The average Bonchev–Trinajstić information content (AvgIpc) is 0.875. The quantitative estimate of drug-likeness (QED) is 0.0265. The highest BCUT2D eigenvalue weighted by Crippen LogP contribution is 2.35. The number of unbranched alkanes of at least 4 members (excludes halogenated alkanes) is 13. The number of esters is 1. The normalized spacial score (nSPS) is 22.1. The Labute approximate surface area is 536 Å². The lowest BCUT2D eigenvalue weighted by Crippen LogP contribution is -2.64. The van der Waals surface area contributed by atoms with Crippen molar-refractivity contribution in [1.29, 1.82) is 0 Å². The Balaban J connectivity index is 1.05. The molecule has 90 heavy (non-hydrogen) atoms. The Kier molecular flexibility index (Phi) is 32.5. The van der Waals surface area contributed by atoms with Gasteiger partial charge < -0.3 is 61.6 Å². The zero-order valence-electron chi connectivity index (χ0n) is 53.6. The summed E-state index contributed by atoms with van der Waals surface area (Å²) in [4.78, 5) is 12.7. The zero-order chi connectivity index (χ0) is 62.5. The molecular weight excluding hydrogens is 1140 g/mol. The minimum atomic E-state index is -1.13. The van der Waals surface area contributed by atoms with Gasteiger partial charge in [0.15, 0.2) is 12.6 Å². The summed E-state index contributed by atoms with van der Waals surface area (Å²) in [5, 5.41) is 0. The molecule has 0 N–H and O–H groups in total. The van der Waals surface area contributed by atoms with Crippen LogP contribution in [0, 0.1) is 0 Å².